The molecule has 2 aliphatic carbocycles. The van der Waals surface area contributed by atoms with Gasteiger partial charge in [-0.2, -0.15) is 9.97 Å². The van der Waals surface area contributed by atoms with Crippen LogP contribution in [0.1, 0.15) is 49.9 Å². The van der Waals surface area contributed by atoms with E-state index in [1.807, 2.05) is 36.4 Å². The van der Waals surface area contributed by atoms with Crippen LogP contribution in [-0.2, 0) is 10.8 Å². The standard InChI is InChI=1S/C69H49N5/c1-68(2)57-26-16-14-24-49(57)51-38-55-53-36-46(32-34-61(53)73(63(55)40-59(51)68)48-22-12-7-13-23-48)42-28-30-43(31-29-42)47-33-35-62-54(37-47)56-39-52-50-25-15-17-27-58(50)69(3,4)60(52)41-64(56)74(62)67-71-65(44-18-8-5-9-19-44)70-66(72-67)45-20-10-6-11-21-45/h5-41H,1-4H3. The fourth-order valence-corrected chi connectivity index (χ4v) is 12.6. The lowest BCUT2D eigenvalue weighted by Crippen LogP contribution is -2.15. The fraction of sp³-hybridized carbons (Fsp3) is 0.0870. The second-order valence-electron chi connectivity index (χ2n) is 21.2. The third-order valence-corrected chi connectivity index (χ3v) is 16.4. The average Bonchev–Trinajstić information content (AvgIpc) is 4.12. The van der Waals surface area contributed by atoms with Gasteiger partial charge in [-0.3, -0.25) is 4.57 Å². The molecule has 0 aliphatic heterocycles. The van der Waals surface area contributed by atoms with Crippen molar-refractivity contribution in [2.45, 2.75) is 38.5 Å². The molecule has 0 spiro atoms. The second kappa shape index (κ2) is 15.7. The molecule has 0 bridgehead atoms. The smallest absolute Gasteiger partial charge is 0.238 e. The molecule has 2 aliphatic rings. The van der Waals surface area contributed by atoms with E-state index in [2.05, 4.69) is 225 Å². The molecular formula is C69H49N5. The predicted octanol–water partition coefficient (Wildman–Crippen LogP) is 17.3. The highest BCUT2D eigenvalue weighted by Crippen LogP contribution is 2.53. The maximum Gasteiger partial charge on any atom is 0.238 e. The third kappa shape index (κ3) is 6.20. The van der Waals surface area contributed by atoms with Crippen LogP contribution in [0, 0.1) is 0 Å². The van der Waals surface area contributed by atoms with Gasteiger partial charge in [0.05, 0.1) is 22.1 Å². The molecule has 0 saturated carbocycles. The zero-order valence-corrected chi connectivity index (χ0v) is 41.6. The lowest BCUT2D eigenvalue weighted by Gasteiger charge is -2.21. The Morgan fingerprint density at radius 3 is 1.16 bits per heavy atom. The molecule has 3 aromatic heterocycles. The van der Waals surface area contributed by atoms with Gasteiger partial charge in [0.1, 0.15) is 0 Å². The predicted molar refractivity (Wildman–Crippen MR) is 305 cm³/mol. The van der Waals surface area contributed by atoms with Gasteiger partial charge >= 0.3 is 0 Å². The Morgan fingerprint density at radius 2 is 0.676 bits per heavy atom. The van der Waals surface area contributed by atoms with Crippen LogP contribution in [0.25, 0.3) is 123 Å². The quantitative estimate of drug-likeness (QED) is 0.167. The number of benzene rings is 10. The number of rotatable bonds is 6. The fourth-order valence-electron chi connectivity index (χ4n) is 12.6. The molecule has 5 heteroatoms. The van der Waals surface area contributed by atoms with Crippen molar-refractivity contribution in [1.82, 2.24) is 24.1 Å². The van der Waals surface area contributed by atoms with E-state index in [-0.39, 0.29) is 10.8 Å². The van der Waals surface area contributed by atoms with Gasteiger partial charge in [0.15, 0.2) is 11.6 Å². The van der Waals surface area contributed by atoms with Gasteiger partial charge in [-0.1, -0.05) is 191 Å². The van der Waals surface area contributed by atoms with E-state index in [0.29, 0.717) is 17.6 Å². The SMILES string of the molecule is CC1(C)c2ccccc2-c2cc3c4cc(-c5ccc(-c6ccc7c(c6)c6cc8c(cc6n7-c6nc(-c7ccccc7)nc(-c7ccccc7)n6)C(C)(C)c6ccccc6-8)cc5)ccc4n(-c4ccccc4)c3cc21. The van der Waals surface area contributed by atoms with Gasteiger partial charge in [-0.15, -0.1) is 0 Å². The highest BCUT2D eigenvalue weighted by molar-refractivity contribution is 6.14. The van der Waals surface area contributed by atoms with E-state index in [1.165, 1.54) is 77.4 Å². The van der Waals surface area contributed by atoms with E-state index in [9.17, 15) is 0 Å². The van der Waals surface area contributed by atoms with E-state index in [0.717, 1.165) is 49.7 Å². The van der Waals surface area contributed by atoms with Gasteiger partial charge in [0.25, 0.3) is 0 Å². The number of fused-ring (bicyclic) bond motifs is 12. The molecule has 10 aromatic carbocycles. The van der Waals surface area contributed by atoms with Crippen molar-refractivity contribution < 1.29 is 0 Å². The van der Waals surface area contributed by atoms with Crippen molar-refractivity contribution in [2.24, 2.45) is 0 Å². The van der Waals surface area contributed by atoms with Gasteiger partial charge < -0.3 is 4.57 Å². The van der Waals surface area contributed by atoms with E-state index in [4.69, 9.17) is 15.0 Å². The summed E-state index contributed by atoms with van der Waals surface area (Å²) in [6, 6.07) is 81.8. The minimum atomic E-state index is -0.190. The zero-order valence-electron chi connectivity index (χ0n) is 41.6. The molecule has 74 heavy (non-hydrogen) atoms. The number of aromatic nitrogens is 5. The van der Waals surface area contributed by atoms with Crippen LogP contribution in [0.3, 0.4) is 0 Å². The lowest BCUT2D eigenvalue weighted by molar-refractivity contribution is 0.661. The molecule has 0 fully saturated rings. The van der Waals surface area contributed by atoms with Crippen LogP contribution < -0.4 is 0 Å². The monoisotopic (exact) mass is 947 g/mol. The van der Waals surface area contributed by atoms with Gasteiger partial charge in [0.2, 0.25) is 5.95 Å². The number of para-hydroxylation sites is 1. The first-order valence-corrected chi connectivity index (χ1v) is 25.7. The maximum atomic E-state index is 5.28. The summed E-state index contributed by atoms with van der Waals surface area (Å²) >= 11 is 0. The first-order chi connectivity index (χ1) is 36.2. The molecule has 0 saturated heterocycles. The maximum absolute atomic E-state index is 5.28. The first kappa shape index (κ1) is 42.5. The van der Waals surface area contributed by atoms with Gasteiger partial charge in [-0.25, -0.2) is 4.98 Å². The van der Waals surface area contributed by atoms with Crippen LogP contribution in [0.2, 0.25) is 0 Å². The molecule has 0 N–H and O–H groups in total. The van der Waals surface area contributed by atoms with Gasteiger partial charge in [0, 0.05) is 49.2 Å². The molecule has 0 amide bonds. The normalized spacial score (nSPS) is 13.9. The minimum absolute atomic E-state index is 0.0940. The summed E-state index contributed by atoms with van der Waals surface area (Å²) in [6.07, 6.45) is 0. The van der Waals surface area contributed by atoms with Crippen LogP contribution in [-0.4, -0.2) is 24.1 Å². The van der Waals surface area contributed by atoms with Crippen LogP contribution in [0.4, 0.5) is 0 Å². The van der Waals surface area contributed by atoms with Crippen molar-refractivity contribution in [1.29, 1.82) is 0 Å². The zero-order chi connectivity index (χ0) is 49.5. The molecule has 3 heterocycles. The van der Waals surface area contributed by atoms with Crippen LogP contribution >= 0.6 is 0 Å². The topological polar surface area (TPSA) is 48.5 Å². The summed E-state index contributed by atoms with van der Waals surface area (Å²) in [5.74, 6) is 1.86. The first-order valence-electron chi connectivity index (χ1n) is 25.7. The Labute approximate surface area is 429 Å². The molecule has 0 radical (unpaired) electrons. The average molecular weight is 948 g/mol. The third-order valence-electron chi connectivity index (χ3n) is 16.4. The summed E-state index contributed by atoms with van der Waals surface area (Å²) in [6.45, 7) is 9.41. The van der Waals surface area contributed by atoms with Crippen molar-refractivity contribution in [3.8, 4) is 78.9 Å². The number of nitrogens with zero attached hydrogens (tertiary/aromatic N) is 5. The Balaban J connectivity index is 0.883. The highest BCUT2D eigenvalue weighted by Gasteiger charge is 2.38. The minimum Gasteiger partial charge on any atom is -0.309 e. The van der Waals surface area contributed by atoms with Crippen molar-refractivity contribution in [2.75, 3.05) is 0 Å². The lowest BCUT2D eigenvalue weighted by atomic mass is 9.82. The van der Waals surface area contributed by atoms with Gasteiger partial charge in [-0.05, 0) is 127 Å². The number of hydrogen-bond donors (Lipinski definition) is 0. The Morgan fingerprint density at radius 1 is 0.284 bits per heavy atom. The Kier molecular flexibility index (Phi) is 8.99. The van der Waals surface area contributed by atoms with Crippen LogP contribution in [0.15, 0.2) is 224 Å². The molecular weight excluding hydrogens is 899 g/mol. The summed E-state index contributed by atoms with van der Waals surface area (Å²) in [5.41, 5.74) is 22.6. The Hall–Kier alpha value is -9.19. The number of hydrogen-bond acceptors (Lipinski definition) is 3. The molecule has 350 valence electrons. The second-order valence-corrected chi connectivity index (χ2v) is 21.2. The molecule has 5 nitrogen and oxygen atoms in total. The highest BCUT2D eigenvalue weighted by atomic mass is 15.2. The van der Waals surface area contributed by atoms with Crippen molar-refractivity contribution >= 4 is 43.6 Å². The molecule has 13 aromatic rings. The summed E-state index contributed by atoms with van der Waals surface area (Å²) in [7, 11) is 0. The van der Waals surface area contributed by atoms with E-state index < -0.39 is 0 Å². The largest absolute Gasteiger partial charge is 0.309 e. The molecule has 0 unspecified atom stereocenters. The van der Waals surface area contributed by atoms with Crippen molar-refractivity contribution in [3.05, 3.63) is 247 Å². The summed E-state index contributed by atoms with van der Waals surface area (Å²) in [4.78, 5) is 15.6. The van der Waals surface area contributed by atoms with Crippen molar-refractivity contribution in [3.63, 3.8) is 0 Å². The molecule has 15 rings (SSSR count). The Bertz CT molecular complexity index is 4390. The van der Waals surface area contributed by atoms with Crippen LogP contribution in [0.5, 0.6) is 0 Å². The van der Waals surface area contributed by atoms with E-state index in [1.54, 1.807) is 0 Å². The van der Waals surface area contributed by atoms with E-state index >= 15 is 0 Å². The summed E-state index contributed by atoms with van der Waals surface area (Å²) in [5, 5.41) is 4.82. The molecule has 0 atom stereocenters. The summed E-state index contributed by atoms with van der Waals surface area (Å²) < 4.78 is 4.71.